The number of carboxylic acids is 1. The lowest BCUT2D eigenvalue weighted by atomic mass is 9.93. The van der Waals surface area contributed by atoms with E-state index in [2.05, 4.69) is 4.98 Å². The van der Waals surface area contributed by atoms with E-state index in [0.717, 1.165) is 32.1 Å². The first-order valence-electron chi connectivity index (χ1n) is 8.13. The van der Waals surface area contributed by atoms with Crippen molar-refractivity contribution < 1.29 is 19.1 Å². The third-order valence-corrected chi connectivity index (χ3v) is 4.61. The Labute approximate surface area is 140 Å². The molecule has 24 heavy (non-hydrogen) atoms. The minimum atomic E-state index is -1.18. The maximum Gasteiger partial charge on any atom is 0.358 e. The van der Waals surface area contributed by atoms with Crippen LogP contribution in [0.5, 0.6) is 0 Å². The van der Waals surface area contributed by atoms with Gasteiger partial charge in [0.2, 0.25) is 0 Å². The van der Waals surface area contributed by atoms with Gasteiger partial charge in [-0.25, -0.2) is 9.78 Å². The number of benzene rings is 1. The Kier molecular flexibility index (Phi) is 4.64. The molecule has 1 saturated carbocycles. The van der Waals surface area contributed by atoms with Gasteiger partial charge in [-0.3, -0.25) is 4.79 Å². The SMILES string of the molecule is CN(C(=O)c1ccccc1-c1ocnc1C(=O)O)C1CCCCC1. The van der Waals surface area contributed by atoms with Crippen molar-refractivity contribution >= 4 is 11.9 Å². The van der Waals surface area contributed by atoms with Crippen molar-refractivity contribution in [2.75, 3.05) is 7.05 Å². The van der Waals surface area contributed by atoms with E-state index in [1.807, 2.05) is 7.05 Å². The fourth-order valence-corrected chi connectivity index (χ4v) is 3.28. The summed E-state index contributed by atoms with van der Waals surface area (Å²) in [6.07, 6.45) is 6.59. The molecule has 0 saturated heterocycles. The summed E-state index contributed by atoms with van der Waals surface area (Å²) in [6, 6.07) is 7.14. The highest BCUT2D eigenvalue weighted by atomic mass is 16.4. The van der Waals surface area contributed by atoms with Crippen LogP contribution in [0, 0.1) is 0 Å². The van der Waals surface area contributed by atoms with Crippen molar-refractivity contribution in [3.05, 3.63) is 41.9 Å². The van der Waals surface area contributed by atoms with Crippen LogP contribution in [0.2, 0.25) is 0 Å². The largest absolute Gasteiger partial charge is 0.476 e. The summed E-state index contributed by atoms with van der Waals surface area (Å²) < 4.78 is 5.27. The Balaban J connectivity index is 1.95. The van der Waals surface area contributed by atoms with E-state index in [0.29, 0.717) is 11.1 Å². The molecule has 1 N–H and O–H groups in total. The summed E-state index contributed by atoms with van der Waals surface area (Å²) in [5, 5.41) is 9.24. The molecule has 6 nitrogen and oxygen atoms in total. The van der Waals surface area contributed by atoms with Crippen LogP contribution in [0.4, 0.5) is 0 Å². The Hall–Kier alpha value is -2.63. The van der Waals surface area contributed by atoms with Crippen molar-refractivity contribution in [2.24, 2.45) is 0 Å². The molecule has 1 fully saturated rings. The van der Waals surface area contributed by atoms with Gasteiger partial charge in [-0.15, -0.1) is 0 Å². The third-order valence-electron chi connectivity index (χ3n) is 4.61. The normalized spacial score (nSPS) is 15.2. The summed E-state index contributed by atoms with van der Waals surface area (Å²) in [6.45, 7) is 0. The van der Waals surface area contributed by atoms with Crippen LogP contribution in [0.15, 0.2) is 35.1 Å². The number of rotatable bonds is 4. The van der Waals surface area contributed by atoms with Crippen LogP contribution in [0.25, 0.3) is 11.3 Å². The second kappa shape index (κ2) is 6.86. The molecule has 2 aromatic rings. The van der Waals surface area contributed by atoms with Crippen LogP contribution in [-0.4, -0.2) is 40.0 Å². The van der Waals surface area contributed by atoms with E-state index >= 15 is 0 Å². The van der Waals surface area contributed by atoms with E-state index < -0.39 is 5.97 Å². The fraction of sp³-hybridized carbons (Fsp3) is 0.389. The van der Waals surface area contributed by atoms with Gasteiger partial charge >= 0.3 is 5.97 Å². The highest BCUT2D eigenvalue weighted by Gasteiger charge is 2.27. The van der Waals surface area contributed by atoms with Gasteiger partial charge in [0.25, 0.3) is 5.91 Å². The minimum Gasteiger partial charge on any atom is -0.476 e. The number of oxazole rings is 1. The highest BCUT2D eigenvalue weighted by Crippen LogP contribution is 2.29. The zero-order chi connectivity index (χ0) is 17.1. The molecule has 3 rings (SSSR count). The lowest BCUT2D eigenvalue weighted by molar-refractivity contribution is 0.0682. The lowest BCUT2D eigenvalue weighted by Gasteiger charge is -2.31. The minimum absolute atomic E-state index is 0.114. The molecular formula is C18H20N2O4. The molecule has 1 aliphatic rings. The molecule has 1 aliphatic carbocycles. The number of nitrogens with zero attached hydrogens (tertiary/aromatic N) is 2. The molecule has 6 heteroatoms. The molecule has 0 atom stereocenters. The van der Waals surface area contributed by atoms with Gasteiger partial charge in [0, 0.05) is 18.7 Å². The molecule has 126 valence electrons. The quantitative estimate of drug-likeness (QED) is 0.929. The summed E-state index contributed by atoms with van der Waals surface area (Å²) in [5.41, 5.74) is 0.709. The van der Waals surface area contributed by atoms with Gasteiger partial charge in [0.15, 0.2) is 17.8 Å². The molecule has 1 aromatic carbocycles. The van der Waals surface area contributed by atoms with E-state index in [1.54, 1.807) is 29.2 Å². The van der Waals surface area contributed by atoms with Gasteiger partial charge in [-0.05, 0) is 18.9 Å². The second-order valence-corrected chi connectivity index (χ2v) is 6.09. The monoisotopic (exact) mass is 328 g/mol. The average molecular weight is 328 g/mol. The molecule has 0 radical (unpaired) electrons. The number of carboxylic acid groups (broad SMARTS) is 1. The van der Waals surface area contributed by atoms with Crippen molar-refractivity contribution in [3.8, 4) is 11.3 Å². The lowest BCUT2D eigenvalue weighted by Crippen LogP contribution is -2.38. The molecule has 0 spiro atoms. The number of aromatic nitrogens is 1. The standard InChI is InChI=1S/C18H20N2O4/c1-20(12-7-3-2-4-8-12)17(21)14-10-6-5-9-13(14)16-15(18(22)23)19-11-24-16/h5-6,9-12H,2-4,7-8H2,1H3,(H,22,23). The Bertz CT molecular complexity index is 747. The predicted octanol–water partition coefficient (Wildman–Crippen LogP) is 3.44. The molecule has 1 amide bonds. The van der Waals surface area contributed by atoms with Gasteiger partial charge in [0.05, 0.1) is 5.56 Å². The number of aromatic carboxylic acids is 1. The first kappa shape index (κ1) is 16.2. The van der Waals surface area contributed by atoms with Crippen LogP contribution < -0.4 is 0 Å². The van der Waals surface area contributed by atoms with Crippen LogP contribution >= 0.6 is 0 Å². The number of hydrogen-bond donors (Lipinski definition) is 1. The summed E-state index contributed by atoms with van der Waals surface area (Å²) in [4.78, 5) is 29.8. The molecule has 1 heterocycles. The van der Waals surface area contributed by atoms with Crippen molar-refractivity contribution in [2.45, 2.75) is 38.1 Å². The van der Waals surface area contributed by atoms with Gasteiger partial charge in [0.1, 0.15) is 0 Å². The molecule has 0 aliphatic heterocycles. The van der Waals surface area contributed by atoms with Crippen molar-refractivity contribution in [3.63, 3.8) is 0 Å². The maximum atomic E-state index is 13.0. The maximum absolute atomic E-state index is 13.0. The second-order valence-electron chi connectivity index (χ2n) is 6.09. The molecule has 0 unspecified atom stereocenters. The molecule has 1 aromatic heterocycles. The average Bonchev–Trinajstić information content (AvgIpc) is 3.11. The predicted molar refractivity (Wildman–Crippen MR) is 87.9 cm³/mol. The third kappa shape index (κ3) is 3.04. The summed E-state index contributed by atoms with van der Waals surface area (Å²) >= 11 is 0. The number of carbonyl (C=O) groups excluding carboxylic acids is 1. The Morgan fingerprint density at radius 1 is 1.21 bits per heavy atom. The zero-order valence-corrected chi connectivity index (χ0v) is 13.6. The highest BCUT2D eigenvalue weighted by molar-refractivity contribution is 6.02. The van der Waals surface area contributed by atoms with E-state index in [-0.39, 0.29) is 23.4 Å². The summed E-state index contributed by atoms with van der Waals surface area (Å²) in [5.74, 6) is -1.18. The molecule has 0 bridgehead atoms. The molecular weight excluding hydrogens is 308 g/mol. The number of carbonyl (C=O) groups is 2. The van der Waals surface area contributed by atoms with Crippen LogP contribution in [-0.2, 0) is 0 Å². The zero-order valence-electron chi connectivity index (χ0n) is 13.6. The first-order valence-corrected chi connectivity index (χ1v) is 8.13. The van der Waals surface area contributed by atoms with Gasteiger partial charge in [-0.2, -0.15) is 0 Å². The Morgan fingerprint density at radius 3 is 2.62 bits per heavy atom. The number of hydrogen-bond acceptors (Lipinski definition) is 4. The van der Waals surface area contributed by atoms with Gasteiger partial charge in [-0.1, -0.05) is 37.5 Å². The van der Waals surface area contributed by atoms with Crippen LogP contribution in [0.1, 0.15) is 53.0 Å². The fourth-order valence-electron chi connectivity index (χ4n) is 3.28. The van der Waals surface area contributed by atoms with Crippen molar-refractivity contribution in [1.82, 2.24) is 9.88 Å². The van der Waals surface area contributed by atoms with E-state index in [4.69, 9.17) is 4.42 Å². The van der Waals surface area contributed by atoms with E-state index in [9.17, 15) is 14.7 Å². The van der Waals surface area contributed by atoms with Gasteiger partial charge < -0.3 is 14.4 Å². The van der Waals surface area contributed by atoms with Crippen LogP contribution in [0.3, 0.4) is 0 Å². The van der Waals surface area contributed by atoms with Crippen molar-refractivity contribution in [1.29, 1.82) is 0 Å². The summed E-state index contributed by atoms with van der Waals surface area (Å²) in [7, 11) is 1.81. The smallest absolute Gasteiger partial charge is 0.358 e. The topological polar surface area (TPSA) is 83.6 Å². The Morgan fingerprint density at radius 2 is 1.92 bits per heavy atom. The first-order chi connectivity index (χ1) is 11.6. The number of amides is 1. The van der Waals surface area contributed by atoms with E-state index in [1.165, 1.54) is 6.42 Å².